The lowest BCUT2D eigenvalue weighted by molar-refractivity contribution is 0.192. The highest BCUT2D eigenvalue weighted by molar-refractivity contribution is 6.04. The van der Waals surface area contributed by atoms with Crippen molar-refractivity contribution in [1.82, 2.24) is 4.90 Å². The minimum Gasteiger partial charge on any atom is -0.497 e. The number of rotatable bonds is 6. The molecule has 3 aromatic carbocycles. The van der Waals surface area contributed by atoms with Gasteiger partial charge in [0, 0.05) is 31.4 Å². The van der Waals surface area contributed by atoms with Crippen LogP contribution in [-0.2, 0) is 6.54 Å². The molecule has 170 valence electrons. The van der Waals surface area contributed by atoms with Crippen LogP contribution in [0, 0.1) is 6.92 Å². The Morgan fingerprint density at radius 3 is 2.45 bits per heavy atom. The molecule has 1 heterocycles. The first-order valence-electron chi connectivity index (χ1n) is 11.0. The molecule has 0 unspecified atom stereocenters. The Morgan fingerprint density at radius 2 is 1.73 bits per heavy atom. The minimum atomic E-state index is -0.390. The molecule has 1 aliphatic heterocycles. The molecule has 4 amide bonds. The van der Waals surface area contributed by atoms with Crippen LogP contribution in [0.25, 0.3) is 0 Å². The van der Waals surface area contributed by atoms with Crippen LogP contribution in [-0.4, -0.2) is 37.2 Å². The molecule has 1 saturated heterocycles. The predicted octanol–water partition coefficient (Wildman–Crippen LogP) is 5.48. The van der Waals surface area contributed by atoms with Crippen LogP contribution < -0.4 is 20.3 Å². The van der Waals surface area contributed by atoms with Gasteiger partial charge in [-0.05, 0) is 43.2 Å². The van der Waals surface area contributed by atoms with E-state index in [1.807, 2.05) is 72.5 Å². The number of ether oxygens (including phenoxy) is 1. The van der Waals surface area contributed by atoms with Gasteiger partial charge in [0.15, 0.2) is 0 Å². The molecule has 0 radical (unpaired) electrons. The largest absolute Gasteiger partial charge is 0.497 e. The van der Waals surface area contributed by atoms with E-state index in [9.17, 15) is 9.59 Å². The van der Waals surface area contributed by atoms with Gasteiger partial charge >= 0.3 is 12.1 Å². The second kappa shape index (κ2) is 10.1. The SMILES string of the molecule is COc1ccc(N2CCCN(Cc3ccccc3)C2=O)c(NC(=O)Nc2ccc(C)cc2)c1. The Kier molecular flexibility index (Phi) is 6.78. The van der Waals surface area contributed by atoms with Gasteiger partial charge in [0.05, 0.1) is 18.5 Å². The molecule has 7 heteroatoms. The molecular weight excluding hydrogens is 416 g/mol. The summed E-state index contributed by atoms with van der Waals surface area (Å²) in [5.74, 6) is 0.593. The van der Waals surface area contributed by atoms with Crippen molar-refractivity contribution in [2.75, 3.05) is 35.7 Å². The maximum Gasteiger partial charge on any atom is 0.324 e. The molecule has 1 aliphatic rings. The molecule has 4 rings (SSSR count). The van der Waals surface area contributed by atoms with Crippen molar-refractivity contribution < 1.29 is 14.3 Å². The number of carbonyl (C=O) groups is 2. The number of anilines is 3. The van der Waals surface area contributed by atoms with Gasteiger partial charge in [-0.25, -0.2) is 9.59 Å². The van der Waals surface area contributed by atoms with E-state index in [2.05, 4.69) is 10.6 Å². The van der Waals surface area contributed by atoms with E-state index in [1.54, 1.807) is 24.1 Å². The number of benzene rings is 3. The Bertz CT molecular complexity index is 1120. The molecular formula is C26H28N4O3. The van der Waals surface area contributed by atoms with Crippen LogP contribution in [0.5, 0.6) is 5.75 Å². The second-order valence-electron chi connectivity index (χ2n) is 8.02. The van der Waals surface area contributed by atoms with E-state index in [0.29, 0.717) is 42.4 Å². The van der Waals surface area contributed by atoms with Gasteiger partial charge in [-0.1, -0.05) is 48.0 Å². The quantitative estimate of drug-likeness (QED) is 0.529. The Balaban J connectivity index is 1.54. The maximum absolute atomic E-state index is 13.3. The van der Waals surface area contributed by atoms with Crippen molar-refractivity contribution >= 4 is 29.1 Å². The van der Waals surface area contributed by atoms with E-state index >= 15 is 0 Å². The Hall–Kier alpha value is -4.00. The summed E-state index contributed by atoms with van der Waals surface area (Å²) in [6.45, 7) is 3.80. The number of amides is 4. The maximum atomic E-state index is 13.3. The fraction of sp³-hybridized carbons (Fsp3) is 0.231. The van der Waals surface area contributed by atoms with Gasteiger partial charge < -0.3 is 20.3 Å². The van der Waals surface area contributed by atoms with Crippen LogP contribution in [0.2, 0.25) is 0 Å². The summed E-state index contributed by atoms with van der Waals surface area (Å²) in [6.07, 6.45) is 0.833. The van der Waals surface area contributed by atoms with Crippen LogP contribution in [0.4, 0.5) is 26.7 Å². The number of aryl methyl sites for hydroxylation is 1. The third kappa shape index (κ3) is 5.44. The molecule has 33 heavy (non-hydrogen) atoms. The zero-order chi connectivity index (χ0) is 23.2. The number of nitrogens with one attached hydrogen (secondary N) is 2. The fourth-order valence-electron chi connectivity index (χ4n) is 3.85. The summed E-state index contributed by atoms with van der Waals surface area (Å²) in [6, 6.07) is 22.3. The fourth-order valence-corrected chi connectivity index (χ4v) is 3.85. The number of hydrogen-bond donors (Lipinski definition) is 2. The molecule has 2 N–H and O–H groups in total. The van der Waals surface area contributed by atoms with Gasteiger partial charge in [-0.15, -0.1) is 0 Å². The average Bonchev–Trinajstić information content (AvgIpc) is 2.83. The standard InChI is InChI=1S/C26H28N4O3/c1-19-9-11-21(12-10-19)27-25(31)28-23-17-22(33-2)13-14-24(23)30-16-6-15-29(26(30)32)18-20-7-4-3-5-8-20/h3-5,7-14,17H,6,15-16,18H2,1-2H3,(H2,27,28,31). The number of carbonyl (C=O) groups excluding carboxylic acids is 2. The molecule has 0 aliphatic carbocycles. The van der Waals surface area contributed by atoms with E-state index in [0.717, 1.165) is 17.5 Å². The summed E-state index contributed by atoms with van der Waals surface area (Å²) >= 11 is 0. The molecule has 0 spiro atoms. The van der Waals surface area contributed by atoms with Crippen molar-refractivity contribution in [3.8, 4) is 5.75 Å². The first kappa shape index (κ1) is 22.2. The highest BCUT2D eigenvalue weighted by Gasteiger charge is 2.29. The smallest absolute Gasteiger partial charge is 0.324 e. The van der Waals surface area contributed by atoms with Crippen LogP contribution in [0.3, 0.4) is 0 Å². The third-order valence-electron chi connectivity index (χ3n) is 5.58. The lowest BCUT2D eigenvalue weighted by Gasteiger charge is -2.36. The third-order valence-corrected chi connectivity index (χ3v) is 5.58. The number of hydrogen-bond acceptors (Lipinski definition) is 3. The zero-order valence-corrected chi connectivity index (χ0v) is 18.9. The Labute approximate surface area is 194 Å². The molecule has 0 saturated carbocycles. The molecule has 0 atom stereocenters. The number of nitrogens with zero attached hydrogens (tertiary/aromatic N) is 2. The van der Waals surface area contributed by atoms with Gasteiger partial charge in [-0.3, -0.25) is 4.90 Å². The lowest BCUT2D eigenvalue weighted by atomic mass is 10.1. The first-order valence-corrected chi connectivity index (χ1v) is 11.0. The van der Waals surface area contributed by atoms with E-state index in [4.69, 9.17) is 4.74 Å². The summed E-state index contributed by atoms with van der Waals surface area (Å²) in [4.78, 5) is 29.6. The topological polar surface area (TPSA) is 73.9 Å². The van der Waals surface area contributed by atoms with Crippen molar-refractivity contribution in [3.05, 3.63) is 83.9 Å². The van der Waals surface area contributed by atoms with Crippen LogP contribution in [0.1, 0.15) is 17.5 Å². The zero-order valence-electron chi connectivity index (χ0n) is 18.9. The van der Waals surface area contributed by atoms with Crippen molar-refractivity contribution in [3.63, 3.8) is 0 Å². The lowest BCUT2D eigenvalue weighted by Crippen LogP contribution is -2.49. The van der Waals surface area contributed by atoms with Gasteiger partial charge in [0.1, 0.15) is 5.75 Å². The highest BCUT2D eigenvalue weighted by atomic mass is 16.5. The average molecular weight is 445 g/mol. The van der Waals surface area contributed by atoms with Gasteiger partial charge in [0.2, 0.25) is 0 Å². The van der Waals surface area contributed by atoms with E-state index in [1.165, 1.54) is 0 Å². The molecule has 1 fully saturated rings. The summed E-state index contributed by atoms with van der Waals surface area (Å²) in [7, 11) is 1.57. The normalized spacial score (nSPS) is 13.6. The highest BCUT2D eigenvalue weighted by Crippen LogP contribution is 2.33. The van der Waals surface area contributed by atoms with Gasteiger partial charge in [-0.2, -0.15) is 0 Å². The predicted molar refractivity (Wildman–Crippen MR) is 131 cm³/mol. The number of urea groups is 2. The summed E-state index contributed by atoms with van der Waals surface area (Å²) in [5, 5.41) is 5.72. The second-order valence-corrected chi connectivity index (χ2v) is 8.02. The monoisotopic (exact) mass is 444 g/mol. The first-order chi connectivity index (χ1) is 16.0. The molecule has 3 aromatic rings. The summed E-state index contributed by atoms with van der Waals surface area (Å²) < 4.78 is 5.35. The van der Waals surface area contributed by atoms with Crippen LogP contribution >= 0.6 is 0 Å². The minimum absolute atomic E-state index is 0.0859. The van der Waals surface area contributed by atoms with Crippen LogP contribution in [0.15, 0.2) is 72.8 Å². The molecule has 0 bridgehead atoms. The van der Waals surface area contributed by atoms with E-state index < -0.39 is 0 Å². The Morgan fingerprint density at radius 1 is 0.970 bits per heavy atom. The van der Waals surface area contributed by atoms with Crippen molar-refractivity contribution in [2.45, 2.75) is 19.9 Å². The number of methoxy groups -OCH3 is 1. The van der Waals surface area contributed by atoms with E-state index in [-0.39, 0.29) is 12.1 Å². The van der Waals surface area contributed by atoms with Gasteiger partial charge in [0.25, 0.3) is 0 Å². The van der Waals surface area contributed by atoms with Crippen molar-refractivity contribution in [2.24, 2.45) is 0 Å². The van der Waals surface area contributed by atoms with Crippen molar-refractivity contribution in [1.29, 1.82) is 0 Å². The molecule has 7 nitrogen and oxygen atoms in total. The summed E-state index contributed by atoms with van der Waals surface area (Å²) in [5.41, 5.74) is 4.02. The molecule has 0 aromatic heterocycles.